The number of unbranched alkanes of at least 4 members (excludes halogenated alkanes) is 1. The van der Waals surface area contributed by atoms with E-state index in [1.165, 1.54) is 0 Å². The van der Waals surface area contributed by atoms with Crippen LogP contribution in [0.1, 0.15) is 88.7 Å². The summed E-state index contributed by atoms with van der Waals surface area (Å²) in [7, 11) is 0. The van der Waals surface area contributed by atoms with E-state index in [1.807, 2.05) is 24.3 Å². The predicted molar refractivity (Wildman–Crippen MR) is 230 cm³/mol. The molecule has 0 aliphatic carbocycles. The molecule has 4 rings (SSSR count). The SMILES string of the molecule is CC/C=C\C/C=C\C/C=C\C/C=C\C/C=C\C/C=C\CCC(=O)OCN1C(=O)CCc2ccc(OCCCCN3CCN(c4cccc(C)c4Cl)CC3)cc21. The number of anilines is 2. The third kappa shape index (κ3) is 16.1. The van der Waals surface area contributed by atoms with Crippen molar-refractivity contribution in [2.24, 2.45) is 0 Å². The third-order valence-electron chi connectivity index (χ3n) is 9.74. The summed E-state index contributed by atoms with van der Waals surface area (Å²) < 4.78 is 11.7. The number of amides is 1. The van der Waals surface area contributed by atoms with Crippen LogP contribution >= 0.6 is 11.6 Å². The predicted octanol–water partition coefficient (Wildman–Crippen LogP) is 10.9. The summed E-state index contributed by atoms with van der Waals surface area (Å²) in [6.07, 6.45) is 35.7. The highest BCUT2D eigenvalue weighted by Crippen LogP contribution is 2.32. The molecule has 55 heavy (non-hydrogen) atoms. The van der Waals surface area contributed by atoms with Gasteiger partial charge in [0.25, 0.3) is 0 Å². The van der Waals surface area contributed by atoms with Crippen LogP contribution in [0, 0.1) is 6.92 Å². The smallest absolute Gasteiger partial charge is 0.307 e. The van der Waals surface area contributed by atoms with E-state index in [4.69, 9.17) is 21.1 Å². The molecule has 2 aromatic carbocycles. The molecule has 1 saturated heterocycles. The maximum Gasteiger partial charge on any atom is 0.307 e. The standard InChI is InChI=1S/C47H62ClN3O4/c1-3-4-5-6-7-8-9-10-11-12-13-14-15-16-17-18-19-20-21-27-46(53)55-39-51-44-38-42(30-28-41(44)29-31-45(51)52)54-37-23-22-32-49-33-35-50(36-34-49)43-26-24-25-40(2)47(43)48/h4-5,7-8,10-11,13-14,16-17,19-20,24-26,28,30,38H,3,6,9,12,15,18,21-23,27,29,31-37,39H2,1-2H3/b5-4-,8-7-,11-10-,14-13-,17-16-,20-19-. The first-order chi connectivity index (χ1) is 27.0. The van der Waals surface area contributed by atoms with Crippen LogP contribution in [0.15, 0.2) is 109 Å². The van der Waals surface area contributed by atoms with Crippen LogP contribution in [-0.2, 0) is 20.7 Å². The second-order valence-corrected chi connectivity index (χ2v) is 14.4. The Morgan fingerprint density at radius 3 is 2.05 bits per heavy atom. The molecule has 2 aromatic rings. The van der Waals surface area contributed by atoms with E-state index >= 15 is 0 Å². The Labute approximate surface area is 335 Å². The number of carbonyl (C=O) groups excluding carboxylic acids is 2. The van der Waals surface area contributed by atoms with Crippen molar-refractivity contribution >= 4 is 34.9 Å². The van der Waals surface area contributed by atoms with Crippen molar-refractivity contribution < 1.29 is 19.1 Å². The molecule has 0 aromatic heterocycles. The Morgan fingerprint density at radius 2 is 1.40 bits per heavy atom. The molecule has 8 heteroatoms. The molecular weight excluding hydrogens is 706 g/mol. The largest absolute Gasteiger partial charge is 0.494 e. The summed E-state index contributed by atoms with van der Waals surface area (Å²) in [6, 6.07) is 12.1. The van der Waals surface area contributed by atoms with Crippen LogP contribution in [0.3, 0.4) is 0 Å². The van der Waals surface area contributed by atoms with E-state index < -0.39 is 0 Å². The van der Waals surface area contributed by atoms with E-state index in [0.29, 0.717) is 25.9 Å². The number of carbonyl (C=O) groups is 2. The lowest BCUT2D eigenvalue weighted by Crippen LogP contribution is -2.46. The number of rotatable bonds is 23. The minimum atomic E-state index is -0.313. The first kappa shape index (κ1) is 43.4. The van der Waals surface area contributed by atoms with Crippen molar-refractivity contribution in [1.82, 2.24) is 4.90 Å². The lowest BCUT2D eigenvalue weighted by Gasteiger charge is -2.36. The van der Waals surface area contributed by atoms with Crippen molar-refractivity contribution in [2.75, 3.05) is 55.9 Å². The van der Waals surface area contributed by atoms with Crippen LogP contribution in [0.4, 0.5) is 11.4 Å². The van der Waals surface area contributed by atoms with E-state index in [9.17, 15) is 9.59 Å². The maximum absolute atomic E-state index is 12.9. The lowest BCUT2D eigenvalue weighted by molar-refractivity contribution is -0.144. The number of allylic oxidation sites excluding steroid dienone is 12. The number of hydrogen-bond donors (Lipinski definition) is 0. The van der Waals surface area contributed by atoms with Gasteiger partial charge in [-0.15, -0.1) is 0 Å². The fourth-order valence-electron chi connectivity index (χ4n) is 6.51. The molecule has 2 heterocycles. The van der Waals surface area contributed by atoms with Crippen LogP contribution < -0.4 is 14.5 Å². The number of benzene rings is 2. The molecule has 0 spiro atoms. The first-order valence-corrected chi connectivity index (χ1v) is 20.7. The van der Waals surface area contributed by atoms with Crippen LogP contribution in [0.25, 0.3) is 0 Å². The summed E-state index contributed by atoms with van der Waals surface area (Å²) >= 11 is 6.56. The van der Waals surface area contributed by atoms with Gasteiger partial charge in [-0.1, -0.05) is 110 Å². The van der Waals surface area contributed by atoms with Gasteiger partial charge in [0.05, 0.1) is 23.0 Å². The molecule has 0 radical (unpaired) electrons. The van der Waals surface area contributed by atoms with Gasteiger partial charge in [-0.05, 0) is 101 Å². The summed E-state index contributed by atoms with van der Waals surface area (Å²) in [6.45, 7) is 9.76. The van der Waals surface area contributed by atoms with Crippen molar-refractivity contribution in [3.05, 3.63) is 125 Å². The van der Waals surface area contributed by atoms with Crippen molar-refractivity contribution in [1.29, 1.82) is 0 Å². The molecular formula is C47H62ClN3O4. The van der Waals surface area contributed by atoms with Gasteiger partial charge in [0.2, 0.25) is 5.91 Å². The zero-order chi connectivity index (χ0) is 38.9. The summed E-state index contributed by atoms with van der Waals surface area (Å²) in [5, 5.41) is 0.858. The highest BCUT2D eigenvalue weighted by Gasteiger charge is 2.26. The van der Waals surface area contributed by atoms with Gasteiger partial charge in [0.15, 0.2) is 6.73 Å². The third-order valence-corrected chi connectivity index (χ3v) is 10.2. The molecule has 2 aliphatic heterocycles. The van der Waals surface area contributed by atoms with Gasteiger partial charge in [-0.2, -0.15) is 0 Å². The van der Waals surface area contributed by atoms with Gasteiger partial charge in [0, 0.05) is 45.1 Å². The summed E-state index contributed by atoms with van der Waals surface area (Å²) in [5.74, 6) is 0.373. The van der Waals surface area contributed by atoms with Crippen molar-refractivity contribution in [3.63, 3.8) is 0 Å². The fourth-order valence-corrected chi connectivity index (χ4v) is 6.76. The summed E-state index contributed by atoms with van der Waals surface area (Å²) in [5.41, 5.74) is 4.08. The van der Waals surface area contributed by atoms with Crippen molar-refractivity contribution in [3.8, 4) is 5.75 Å². The Hall–Kier alpha value is -4.33. The number of piperazine rings is 1. The van der Waals surface area contributed by atoms with Gasteiger partial charge < -0.3 is 14.4 Å². The molecule has 0 unspecified atom stereocenters. The zero-order valence-electron chi connectivity index (χ0n) is 33.2. The number of fused-ring (bicyclic) bond motifs is 1. The molecule has 296 valence electrons. The molecule has 0 N–H and O–H groups in total. The van der Waals surface area contributed by atoms with Gasteiger partial charge in [-0.25, -0.2) is 0 Å². The van der Waals surface area contributed by atoms with Crippen LogP contribution in [-0.4, -0.2) is 62.8 Å². The average Bonchev–Trinajstić information content (AvgIpc) is 3.19. The molecule has 2 aliphatic rings. The Bertz CT molecular complexity index is 1650. The average molecular weight is 768 g/mol. The molecule has 1 fully saturated rings. The van der Waals surface area contributed by atoms with E-state index in [-0.39, 0.29) is 25.0 Å². The molecule has 1 amide bonds. The highest BCUT2D eigenvalue weighted by atomic mass is 35.5. The van der Waals surface area contributed by atoms with E-state index in [1.54, 1.807) is 4.90 Å². The number of nitrogens with zero attached hydrogens (tertiary/aromatic N) is 3. The second-order valence-electron chi connectivity index (χ2n) is 14.0. The minimum absolute atomic E-state index is 0.0424. The number of halogens is 1. The molecule has 0 saturated carbocycles. The Morgan fingerprint density at radius 1 is 0.764 bits per heavy atom. The van der Waals surface area contributed by atoms with Crippen molar-refractivity contribution in [2.45, 2.75) is 90.9 Å². The van der Waals surface area contributed by atoms with Gasteiger partial charge >= 0.3 is 5.97 Å². The Balaban J connectivity index is 1.06. The lowest BCUT2D eigenvalue weighted by atomic mass is 10.0. The normalized spacial score (nSPS) is 15.6. The molecule has 0 atom stereocenters. The number of esters is 1. The van der Waals surface area contributed by atoms with E-state index in [0.717, 1.165) is 117 Å². The first-order valence-electron chi connectivity index (χ1n) is 20.3. The highest BCUT2D eigenvalue weighted by molar-refractivity contribution is 6.34. The van der Waals surface area contributed by atoms with Gasteiger partial charge in [0.1, 0.15) is 5.75 Å². The van der Waals surface area contributed by atoms with E-state index in [2.05, 4.69) is 109 Å². The Kier molecular flexibility index (Phi) is 20.3. The fraction of sp³-hybridized carbons (Fsp3) is 0.447. The zero-order valence-corrected chi connectivity index (χ0v) is 33.9. The van der Waals surface area contributed by atoms with Crippen LogP contribution in [0.2, 0.25) is 5.02 Å². The monoisotopic (exact) mass is 767 g/mol. The van der Waals surface area contributed by atoms with Crippen LogP contribution in [0.5, 0.6) is 5.75 Å². The summed E-state index contributed by atoms with van der Waals surface area (Å²) in [4.78, 5) is 31.8. The molecule has 0 bridgehead atoms. The molecule has 7 nitrogen and oxygen atoms in total. The topological polar surface area (TPSA) is 62.3 Å². The second kappa shape index (κ2) is 25.7. The number of ether oxygens (including phenoxy) is 2. The van der Waals surface area contributed by atoms with Gasteiger partial charge in [-0.3, -0.25) is 19.4 Å². The quantitative estimate of drug-likeness (QED) is 0.0637. The number of aryl methyl sites for hydroxylation is 2. The maximum atomic E-state index is 12.9. The number of hydrogen-bond acceptors (Lipinski definition) is 6. The minimum Gasteiger partial charge on any atom is -0.494 e.